The van der Waals surface area contributed by atoms with E-state index in [1.165, 1.54) is 17.7 Å². The van der Waals surface area contributed by atoms with Gasteiger partial charge in [-0.15, -0.1) is 0 Å². The van der Waals surface area contributed by atoms with E-state index >= 15 is 0 Å². The zero-order chi connectivity index (χ0) is 18.1. The number of amides is 1. The molecule has 0 bridgehead atoms. The topological polar surface area (TPSA) is 38.3 Å². The molecule has 0 aromatic heterocycles. The molecule has 0 aliphatic heterocycles. The standard InChI is InChI=1S/C21H26FNO2/c1-3-16-9-13-19(14-10-16)25-20(4-2)21(24)23-15-5-6-17-7-11-18(22)12-8-17/h7-14,20H,3-6,15H2,1-2H3,(H,23,24)/t20-/m1/s1. The molecule has 0 spiro atoms. The SMILES string of the molecule is CCc1ccc(O[C@H](CC)C(=O)NCCCc2ccc(F)cc2)cc1. The second kappa shape index (κ2) is 9.82. The van der Waals surface area contributed by atoms with Gasteiger partial charge in [-0.1, -0.05) is 38.1 Å². The van der Waals surface area contributed by atoms with E-state index in [1.54, 1.807) is 12.1 Å². The van der Waals surface area contributed by atoms with E-state index in [4.69, 9.17) is 4.74 Å². The van der Waals surface area contributed by atoms with Crippen LogP contribution in [0, 0.1) is 5.82 Å². The average molecular weight is 343 g/mol. The first-order valence-electron chi connectivity index (χ1n) is 8.90. The van der Waals surface area contributed by atoms with Crippen molar-refractivity contribution in [3.05, 3.63) is 65.5 Å². The number of benzene rings is 2. The summed E-state index contributed by atoms with van der Waals surface area (Å²) in [6.07, 6.45) is 2.71. The Balaban J connectivity index is 1.75. The van der Waals surface area contributed by atoms with E-state index in [-0.39, 0.29) is 11.7 Å². The number of hydrogen-bond acceptors (Lipinski definition) is 2. The largest absolute Gasteiger partial charge is 0.481 e. The van der Waals surface area contributed by atoms with Crippen LogP contribution in [0.2, 0.25) is 0 Å². The van der Waals surface area contributed by atoms with Crippen molar-refractivity contribution in [3.63, 3.8) is 0 Å². The van der Waals surface area contributed by atoms with E-state index in [2.05, 4.69) is 12.2 Å². The van der Waals surface area contributed by atoms with E-state index in [1.807, 2.05) is 31.2 Å². The third kappa shape index (κ3) is 6.22. The number of aryl methyl sites for hydroxylation is 2. The molecular weight excluding hydrogens is 317 g/mol. The summed E-state index contributed by atoms with van der Waals surface area (Å²) in [7, 11) is 0. The van der Waals surface area contributed by atoms with Gasteiger partial charge >= 0.3 is 0 Å². The summed E-state index contributed by atoms with van der Waals surface area (Å²) in [5.41, 5.74) is 2.31. The summed E-state index contributed by atoms with van der Waals surface area (Å²) >= 11 is 0. The Kier molecular flexibility index (Phi) is 7.45. The maximum absolute atomic E-state index is 12.9. The van der Waals surface area contributed by atoms with Gasteiger partial charge in [-0.05, 0) is 61.1 Å². The van der Waals surface area contributed by atoms with Crippen LogP contribution in [0.4, 0.5) is 4.39 Å². The lowest BCUT2D eigenvalue weighted by molar-refractivity contribution is -0.128. The summed E-state index contributed by atoms with van der Waals surface area (Å²) in [6.45, 7) is 4.61. The molecule has 0 aliphatic rings. The molecule has 2 rings (SSSR count). The molecule has 0 saturated heterocycles. The van der Waals surface area contributed by atoms with E-state index in [0.717, 1.165) is 24.8 Å². The second-order valence-electron chi connectivity index (χ2n) is 6.03. The third-order valence-electron chi connectivity index (χ3n) is 4.13. The molecular formula is C21H26FNO2. The summed E-state index contributed by atoms with van der Waals surface area (Å²) in [5.74, 6) is 0.388. The van der Waals surface area contributed by atoms with Crippen molar-refractivity contribution in [1.82, 2.24) is 5.32 Å². The molecule has 25 heavy (non-hydrogen) atoms. The second-order valence-corrected chi connectivity index (χ2v) is 6.03. The van der Waals surface area contributed by atoms with Gasteiger partial charge in [0.1, 0.15) is 11.6 Å². The number of nitrogens with one attached hydrogen (secondary N) is 1. The predicted octanol–water partition coefficient (Wildman–Crippen LogP) is 4.29. The summed E-state index contributed by atoms with van der Waals surface area (Å²) in [4.78, 5) is 12.3. The van der Waals surface area contributed by atoms with Crippen LogP contribution in [0.15, 0.2) is 48.5 Å². The van der Waals surface area contributed by atoms with Crippen LogP contribution in [0.3, 0.4) is 0 Å². The van der Waals surface area contributed by atoms with Gasteiger partial charge in [0.05, 0.1) is 0 Å². The highest BCUT2D eigenvalue weighted by Crippen LogP contribution is 2.15. The first-order chi connectivity index (χ1) is 12.1. The summed E-state index contributed by atoms with van der Waals surface area (Å²) in [5, 5.41) is 2.92. The number of ether oxygens (including phenoxy) is 1. The van der Waals surface area contributed by atoms with Crippen molar-refractivity contribution in [3.8, 4) is 5.75 Å². The first kappa shape index (κ1) is 19.0. The lowest BCUT2D eigenvalue weighted by Crippen LogP contribution is -2.38. The summed E-state index contributed by atoms with van der Waals surface area (Å²) in [6, 6.07) is 14.3. The Morgan fingerprint density at radius 2 is 1.68 bits per heavy atom. The maximum Gasteiger partial charge on any atom is 0.261 e. The van der Waals surface area contributed by atoms with Crippen molar-refractivity contribution in [2.75, 3.05) is 6.54 Å². The minimum atomic E-state index is -0.488. The van der Waals surface area contributed by atoms with Gasteiger partial charge in [0.25, 0.3) is 5.91 Å². The van der Waals surface area contributed by atoms with E-state index < -0.39 is 6.10 Å². The van der Waals surface area contributed by atoms with Crippen LogP contribution < -0.4 is 10.1 Å². The molecule has 4 heteroatoms. The molecule has 1 N–H and O–H groups in total. The molecule has 0 aliphatic carbocycles. The molecule has 2 aromatic carbocycles. The van der Waals surface area contributed by atoms with Crippen molar-refractivity contribution in [2.24, 2.45) is 0 Å². The number of carbonyl (C=O) groups excluding carboxylic acids is 1. The molecule has 0 fully saturated rings. The third-order valence-corrected chi connectivity index (χ3v) is 4.13. The zero-order valence-electron chi connectivity index (χ0n) is 14.9. The van der Waals surface area contributed by atoms with Gasteiger partial charge in [-0.25, -0.2) is 4.39 Å². The molecule has 1 atom stereocenters. The Bertz CT molecular complexity index is 653. The molecule has 2 aromatic rings. The molecule has 1 amide bonds. The predicted molar refractivity (Wildman–Crippen MR) is 98.3 cm³/mol. The Morgan fingerprint density at radius 1 is 1.04 bits per heavy atom. The average Bonchev–Trinajstić information content (AvgIpc) is 2.65. The highest BCUT2D eigenvalue weighted by Gasteiger charge is 2.17. The van der Waals surface area contributed by atoms with Gasteiger partial charge in [0.15, 0.2) is 6.10 Å². The molecule has 0 heterocycles. The Hall–Kier alpha value is -2.36. The molecule has 0 radical (unpaired) electrons. The van der Waals surface area contributed by atoms with Gasteiger partial charge in [0, 0.05) is 6.54 Å². The number of halogens is 1. The van der Waals surface area contributed by atoms with Crippen LogP contribution in [-0.2, 0) is 17.6 Å². The lowest BCUT2D eigenvalue weighted by Gasteiger charge is -2.17. The van der Waals surface area contributed by atoms with Crippen LogP contribution in [0.5, 0.6) is 5.75 Å². The fourth-order valence-corrected chi connectivity index (χ4v) is 2.56. The Labute approximate surface area is 149 Å². The molecule has 0 saturated carbocycles. The van der Waals surface area contributed by atoms with Crippen LogP contribution in [-0.4, -0.2) is 18.6 Å². The zero-order valence-corrected chi connectivity index (χ0v) is 14.9. The Morgan fingerprint density at radius 3 is 2.28 bits per heavy atom. The van der Waals surface area contributed by atoms with Crippen molar-refractivity contribution >= 4 is 5.91 Å². The fraction of sp³-hybridized carbons (Fsp3) is 0.381. The smallest absolute Gasteiger partial charge is 0.261 e. The summed E-state index contributed by atoms with van der Waals surface area (Å²) < 4.78 is 18.7. The fourth-order valence-electron chi connectivity index (χ4n) is 2.56. The number of carbonyl (C=O) groups is 1. The van der Waals surface area contributed by atoms with Crippen molar-refractivity contribution in [2.45, 2.75) is 45.6 Å². The quantitative estimate of drug-likeness (QED) is 0.690. The van der Waals surface area contributed by atoms with Crippen molar-refractivity contribution < 1.29 is 13.9 Å². The number of rotatable bonds is 9. The normalized spacial score (nSPS) is 11.8. The highest BCUT2D eigenvalue weighted by atomic mass is 19.1. The van der Waals surface area contributed by atoms with Gasteiger partial charge < -0.3 is 10.1 Å². The van der Waals surface area contributed by atoms with E-state index in [9.17, 15) is 9.18 Å². The minimum absolute atomic E-state index is 0.0961. The van der Waals surface area contributed by atoms with Gasteiger partial charge in [0.2, 0.25) is 0 Å². The highest BCUT2D eigenvalue weighted by molar-refractivity contribution is 5.81. The van der Waals surface area contributed by atoms with Crippen molar-refractivity contribution in [1.29, 1.82) is 0 Å². The van der Waals surface area contributed by atoms with Gasteiger partial charge in [-0.2, -0.15) is 0 Å². The van der Waals surface area contributed by atoms with Crippen LogP contribution in [0.25, 0.3) is 0 Å². The van der Waals surface area contributed by atoms with Gasteiger partial charge in [-0.3, -0.25) is 4.79 Å². The molecule has 134 valence electrons. The van der Waals surface area contributed by atoms with Crippen LogP contribution in [0.1, 0.15) is 37.8 Å². The maximum atomic E-state index is 12.9. The van der Waals surface area contributed by atoms with Crippen LogP contribution >= 0.6 is 0 Å². The minimum Gasteiger partial charge on any atom is -0.481 e. The molecule has 3 nitrogen and oxygen atoms in total. The monoisotopic (exact) mass is 343 g/mol. The van der Waals surface area contributed by atoms with E-state index in [0.29, 0.717) is 18.7 Å². The molecule has 0 unspecified atom stereocenters. The first-order valence-corrected chi connectivity index (χ1v) is 8.90. The lowest BCUT2D eigenvalue weighted by atomic mass is 10.1. The number of hydrogen-bond donors (Lipinski definition) is 1.